The molecule has 26 heavy (non-hydrogen) atoms. The molecule has 0 saturated carbocycles. The van der Waals surface area contributed by atoms with Crippen molar-refractivity contribution >= 4 is 5.91 Å². The average molecular weight is 353 g/mol. The smallest absolute Gasteiger partial charge is 0.254 e. The number of carbonyl (C=O) groups is 1. The van der Waals surface area contributed by atoms with Crippen molar-refractivity contribution in [2.45, 2.75) is 44.8 Å². The molecule has 1 fully saturated rings. The molecule has 3 rings (SSSR count). The largest absolute Gasteiger partial charge is 0.497 e. The number of aryl methyl sites for hydroxylation is 1. The Labute approximate surface area is 155 Å². The quantitative estimate of drug-likeness (QED) is 0.854. The highest BCUT2D eigenvalue weighted by atomic mass is 16.5. The van der Waals surface area contributed by atoms with E-state index in [0.29, 0.717) is 12.0 Å². The maximum absolute atomic E-state index is 13.0. The zero-order chi connectivity index (χ0) is 18.7. The van der Waals surface area contributed by atoms with Crippen LogP contribution in [0.3, 0.4) is 0 Å². The van der Waals surface area contributed by atoms with Crippen LogP contribution in [-0.2, 0) is 6.42 Å². The molecule has 1 heterocycles. The van der Waals surface area contributed by atoms with E-state index in [1.807, 2.05) is 53.4 Å². The van der Waals surface area contributed by atoms with Crippen molar-refractivity contribution in [1.82, 2.24) is 4.90 Å². The molecular formula is C22H27NO3. The molecular weight excluding hydrogens is 326 g/mol. The summed E-state index contributed by atoms with van der Waals surface area (Å²) in [5.41, 5.74) is 2.21. The third-order valence-electron chi connectivity index (χ3n) is 4.96. The number of ether oxygens (including phenoxy) is 1. The first-order valence-corrected chi connectivity index (χ1v) is 9.13. The predicted molar refractivity (Wildman–Crippen MR) is 102 cm³/mol. The van der Waals surface area contributed by atoms with Gasteiger partial charge in [0.25, 0.3) is 5.91 Å². The summed E-state index contributed by atoms with van der Waals surface area (Å²) in [6.07, 6.45) is 2.39. The standard InChI is InChI=1S/C22H27NO3/c1-22(2,25)12-10-16-6-4-8-18(14-16)21(24)23-13-11-20(23)17-7-5-9-19(15-17)26-3/h4-9,14-15,20,25H,10-13H2,1-3H3. The minimum absolute atomic E-state index is 0.0641. The molecule has 1 aliphatic rings. The second-order valence-electron chi connectivity index (χ2n) is 7.59. The Morgan fingerprint density at radius 1 is 1.23 bits per heavy atom. The normalized spacial score (nSPS) is 16.9. The third kappa shape index (κ3) is 4.25. The number of methoxy groups -OCH3 is 1. The summed E-state index contributed by atoms with van der Waals surface area (Å²) >= 11 is 0. The lowest BCUT2D eigenvalue weighted by molar-refractivity contribution is 0.0460. The second-order valence-corrected chi connectivity index (χ2v) is 7.59. The van der Waals surface area contributed by atoms with E-state index in [9.17, 15) is 9.90 Å². The summed E-state index contributed by atoms with van der Waals surface area (Å²) in [4.78, 5) is 14.9. The highest BCUT2D eigenvalue weighted by Crippen LogP contribution is 2.35. The first kappa shape index (κ1) is 18.5. The van der Waals surface area contributed by atoms with Crippen LogP contribution in [0.1, 0.15) is 54.2 Å². The van der Waals surface area contributed by atoms with E-state index in [0.717, 1.165) is 36.3 Å². The molecule has 2 aromatic rings. The molecule has 1 aliphatic heterocycles. The number of rotatable bonds is 6. The van der Waals surface area contributed by atoms with E-state index in [2.05, 4.69) is 0 Å². The van der Waals surface area contributed by atoms with Gasteiger partial charge >= 0.3 is 0 Å². The Morgan fingerprint density at radius 3 is 2.65 bits per heavy atom. The van der Waals surface area contributed by atoms with Crippen LogP contribution in [-0.4, -0.2) is 35.2 Å². The van der Waals surface area contributed by atoms with E-state index in [-0.39, 0.29) is 11.9 Å². The lowest BCUT2D eigenvalue weighted by Crippen LogP contribution is -2.45. The first-order chi connectivity index (χ1) is 12.4. The van der Waals surface area contributed by atoms with Gasteiger partial charge in [-0.2, -0.15) is 0 Å². The molecule has 1 atom stereocenters. The van der Waals surface area contributed by atoms with Crippen LogP contribution in [0, 0.1) is 0 Å². The van der Waals surface area contributed by atoms with Crippen LogP contribution < -0.4 is 4.74 Å². The number of hydrogen-bond acceptors (Lipinski definition) is 3. The Kier molecular flexibility index (Phi) is 5.33. The van der Waals surface area contributed by atoms with E-state index < -0.39 is 5.60 Å². The van der Waals surface area contributed by atoms with Crippen LogP contribution in [0.5, 0.6) is 5.75 Å². The number of amides is 1. The van der Waals surface area contributed by atoms with Gasteiger partial charge in [-0.15, -0.1) is 0 Å². The van der Waals surface area contributed by atoms with E-state index in [1.54, 1.807) is 21.0 Å². The number of aliphatic hydroxyl groups is 1. The topological polar surface area (TPSA) is 49.8 Å². The van der Waals surface area contributed by atoms with Crippen molar-refractivity contribution in [3.05, 3.63) is 65.2 Å². The average Bonchev–Trinajstić information content (AvgIpc) is 2.59. The van der Waals surface area contributed by atoms with Crippen LogP contribution in [0.15, 0.2) is 48.5 Å². The van der Waals surface area contributed by atoms with Crippen molar-refractivity contribution in [3.8, 4) is 5.75 Å². The highest BCUT2D eigenvalue weighted by molar-refractivity contribution is 5.95. The SMILES string of the molecule is COc1cccc(C2CCN2C(=O)c2cccc(CCC(C)(C)O)c2)c1. The van der Waals surface area contributed by atoms with Gasteiger partial charge in [0, 0.05) is 12.1 Å². The maximum atomic E-state index is 13.0. The first-order valence-electron chi connectivity index (χ1n) is 9.13. The number of carbonyl (C=O) groups excluding carboxylic acids is 1. The summed E-state index contributed by atoms with van der Waals surface area (Å²) in [7, 11) is 1.65. The highest BCUT2D eigenvalue weighted by Gasteiger charge is 2.34. The fraction of sp³-hybridized carbons (Fsp3) is 0.409. The van der Waals surface area contributed by atoms with Crippen LogP contribution >= 0.6 is 0 Å². The Hall–Kier alpha value is -2.33. The number of benzene rings is 2. The number of hydrogen-bond donors (Lipinski definition) is 1. The minimum Gasteiger partial charge on any atom is -0.497 e. The summed E-state index contributed by atoms with van der Waals surface area (Å²) < 4.78 is 5.30. The fourth-order valence-electron chi connectivity index (χ4n) is 3.30. The molecule has 4 nitrogen and oxygen atoms in total. The Bertz CT molecular complexity index is 779. The molecule has 0 aromatic heterocycles. The van der Waals surface area contributed by atoms with Gasteiger partial charge in [0.05, 0.1) is 18.8 Å². The molecule has 0 aliphatic carbocycles. The molecule has 0 bridgehead atoms. The molecule has 2 aromatic carbocycles. The van der Waals surface area contributed by atoms with Gasteiger partial charge < -0.3 is 14.7 Å². The predicted octanol–water partition coefficient (Wildman–Crippen LogP) is 3.99. The van der Waals surface area contributed by atoms with E-state index in [4.69, 9.17) is 4.74 Å². The van der Waals surface area contributed by atoms with E-state index in [1.165, 1.54) is 0 Å². The molecule has 1 saturated heterocycles. The summed E-state index contributed by atoms with van der Waals surface area (Å²) in [6, 6.07) is 15.8. The van der Waals surface area contributed by atoms with Crippen LogP contribution in [0.25, 0.3) is 0 Å². The summed E-state index contributed by atoms with van der Waals surface area (Å²) in [6.45, 7) is 4.39. The Balaban J connectivity index is 1.73. The monoisotopic (exact) mass is 353 g/mol. The second kappa shape index (κ2) is 7.50. The van der Waals surface area contributed by atoms with E-state index >= 15 is 0 Å². The lowest BCUT2D eigenvalue weighted by Gasteiger charge is -2.41. The Morgan fingerprint density at radius 2 is 2.00 bits per heavy atom. The van der Waals surface area contributed by atoms with Gasteiger partial charge in [-0.25, -0.2) is 0 Å². The van der Waals surface area contributed by atoms with Gasteiger partial charge in [-0.3, -0.25) is 4.79 Å². The van der Waals surface area contributed by atoms with Crippen LogP contribution in [0.4, 0.5) is 0 Å². The van der Waals surface area contributed by atoms with Gasteiger partial charge in [0.1, 0.15) is 5.75 Å². The summed E-state index contributed by atoms with van der Waals surface area (Å²) in [5.74, 6) is 0.879. The zero-order valence-corrected chi connectivity index (χ0v) is 15.7. The molecule has 138 valence electrons. The van der Waals surface area contributed by atoms with Gasteiger partial charge in [-0.1, -0.05) is 24.3 Å². The van der Waals surface area contributed by atoms with Crippen molar-refractivity contribution < 1.29 is 14.6 Å². The molecule has 0 spiro atoms. The maximum Gasteiger partial charge on any atom is 0.254 e. The molecule has 1 amide bonds. The van der Waals surface area contributed by atoms with Gasteiger partial charge in [0.2, 0.25) is 0 Å². The number of nitrogens with zero attached hydrogens (tertiary/aromatic N) is 1. The van der Waals surface area contributed by atoms with Gasteiger partial charge in [-0.05, 0) is 68.5 Å². The van der Waals surface area contributed by atoms with Crippen molar-refractivity contribution in [1.29, 1.82) is 0 Å². The minimum atomic E-state index is -0.699. The molecule has 1 unspecified atom stereocenters. The fourth-order valence-corrected chi connectivity index (χ4v) is 3.30. The summed E-state index contributed by atoms with van der Waals surface area (Å²) in [5, 5.41) is 9.91. The molecule has 0 radical (unpaired) electrons. The van der Waals surface area contributed by atoms with Crippen molar-refractivity contribution in [2.24, 2.45) is 0 Å². The zero-order valence-electron chi connectivity index (χ0n) is 15.7. The molecule has 4 heteroatoms. The van der Waals surface area contributed by atoms with Crippen LogP contribution in [0.2, 0.25) is 0 Å². The lowest BCUT2D eigenvalue weighted by atomic mass is 9.93. The molecule has 1 N–H and O–H groups in total. The van der Waals surface area contributed by atoms with Crippen molar-refractivity contribution in [2.75, 3.05) is 13.7 Å². The van der Waals surface area contributed by atoms with Crippen molar-refractivity contribution in [3.63, 3.8) is 0 Å². The van der Waals surface area contributed by atoms with Gasteiger partial charge in [0.15, 0.2) is 0 Å². The number of likely N-dealkylation sites (tertiary alicyclic amines) is 1. The third-order valence-corrected chi connectivity index (χ3v) is 4.96.